The summed E-state index contributed by atoms with van der Waals surface area (Å²) in [5.41, 5.74) is 0. The first kappa shape index (κ1) is 10.1. The van der Waals surface area contributed by atoms with Gasteiger partial charge in [0.2, 0.25) is 0 Å². The fourth-order valence-corrected chi connectivity index (χ4v) is 2.39. The van der Waals surface area contributed by atoms with Gasteiger partial charge in [0, 0.05) is 0 Å². The van der Waals surface area contributed by atoms with Crippen molar-refractivity contribution < 1.29 is 0 Å². The second-order valence-electron chi connectivity index (χ2n) is 4.54. The molecule has 0 heteroatoms. The van der Waals surface area contributed by atoms with Crippen LogP contribution in [-0.4, -0.2) is 0 Å². The van der Waals surface area contributed by atoms with Gasteiger partial charge in [0.15, 0.2) is 0 Å². The maximum Gasteiger partial charge on any atom is -0.0357 e. The molecule has 0 saturated heterocycles. The van der Waals surface area contributed by atoms with Crippen LogP contribution in [0.1, 0.15) is 59.3 Å². The Morgan fingerprint density at radius 2 is 1.92 bits per heavy atom. The zero-order valence-electron chi connectivity index (χ0n) is 8.97. The lowest BCUT2D eigenvalue weighted by molar-refractivity contribution is 0.382. The summed E-state index contributed by atoms with van der Waals surface area (Å²) in [7, 11) is 0. The Morgan fingerprint density at radius 3 is 2.33 bits per heavy atom. The molecule has 0 aromatic carbocycles. The fourth-order valence-electron chi connectivity index (χ4n) is 2.39. The van der Waals surface area contributed by atoms with Crippen LogP contribution in [0.2, 0.25) is 0 Å². The molecule has 0 aromatic heterocycles. The van der Waals surface area contributed by atoms with Crippen LogP contribution >= 0.6 is 0 Å². The van der Waals surface area contributed by atoms with E-state index in [1.165, 1.54) is 38.5 Å². The molecule has 72 valence electrons. The molecule has 1 fully saturated rings. The van der Waals surface area contributed by atoms with Crippen molar-refractivity contribution in [2.24, 2.45) is 17.8 Å². The highest BCUT2D eigenvalue weighted by Gasteiger charge is 2.37. The van der Waals surface area contributed by atoms with Crippen molar-refractivity contribution >= 4 is 0 Å². The number of unbranched alkanes of at least 4 members (excludes halogenated alkanes) is 2. The molecule has 0 nitrogen and oxygen atoms in total. The van der Waals surface area contributed by atoms with Crippen LogP contribution in [0.3, 0.4) is 0 Å². The number of hydrogen-bond acceptors (Lipinski definition) is 0. The molecule has 0 heterocycles. The van der Waals surface area contributed by atoms with Gasteiger partial charge in [-0.2, -0.15) is 0 Å². The van der Waals surface area contributed by atoms with Crippen molar-refractivity contribution in [2.75, 3.05) is 0 Å². The third-order valence-electron chi connectivity index (χ3n) is 3.48. The zero-order chi connectivity index (χ0) is 8.97. The Bertz CT molecular complexity index is 117. The first-order valence-electron chi connectivity index (χ1n) is 5.79. The second kappa shape index (κ2) is 4.89. The van der Waals surface area contributed by atoms with Crippen molar-refractivity contribution in [2.45, 2.75) is 59.3 Å². The third kappa shape index (κ3) is 2.80. The predicted octanol–water partition coefficient (Wildman–Crippen LogP) is 4.25. The predicted molar refractivity (Wildman–Crippen MR) is 55.2 cm³/mol. The normalized spacial score (nSPS) is 30.2. The minimum atomic E-state index is 1.05. The van der Waals surface area contributed by atoms with E-state index >= 15 is 0 Å². The standard InChI is InChI=1S/C12H24/c1-4-6-7-8-11(5-2)12-9-10(12)3/h10-12H,4-9H2,1-3H3. The van der Waals surface area contributed by atoms with E-state index in [1.54, 1.807) is 0 Å². The molecule has 0 radical (unpaired) electrons. The van der Waals surface area contributed by atoms with Crippen molar-refractivity contribution in [3.05, 3.63) is 0 Å². The van der Waals surface area contributed by atoms with E-state index in [4.69, 9.17) is 0 Å². The van der Waals surface area contributed by atoms with Gasteiger partial charge in [-0.05, 0) is 24.2 Å². The lowest BCUT2D eigenvalue weighted by atomic mass is 9.93. The summed E-state index contributed by atoms with van der Waals surface area (Å²) in [6.45, 7) is 7.06. The monoisotopic (exact) mass is 168 g/mol. The molecule has 1 aliphatic rings. The smallest absolute Gasteiger partial charge is 0.0357 e. The maximum absolute atomic E-state index is 2.41. The van der Waals surface area contributed by atoms with E-state index in [-0.39, 0.29) is 0 Å². The summed E-state index contributed by atoms with van der Waals surface area (Å²) < 4.78 is 0. The van der Waals surface area contributed by atoms with Gasteiger partial charge in [-0.3, -0.25) is 0 Å². The molecule has 0 amide bonds. The Balaban J connectivity index is 2.09. The van der Waals surface area contributed by atoms with Crippen molar-refractivity contribution in [3.8, 4) is 0 Å². The van der Waals surface area contributed by atoms with E-state index < -0.39 is 0 Å². The summed E-state index contributed by atoms with van der Waals surface area (Å²) in [5, 5.41) is 0. The second-order valence-corrected chi connectivity index (χ2v) is 4.54. The molecule has 12 heavy (non-hydrogen) atoms. The van der Waals surface area contributed by atoms with Gasteiger partial charge in [-0.15, -0.1) is 0 Å². The van der Waals surface area contributed by atoms with Gasteiger partial charge in [-0.25, -0.2) is 0 Å². The molecule has 0 aromatic rings. The van der Waals surface area contributed by atoms with Crippen molar-refractivity contribution in [1.29, 1.82) is 0 Å². The average molecular weight is 168 g/mol. The largest absolute Gasteiger partial charge is 0.0654 e. The average Bonchev–Trinajstić information content (AvgIpc) is 2.77. The van der Waals surface area contributed by atoms with Crippen molar-refractivity contribution in [3.63, 3.8) is 0 Å². The highest BCUT2D eigenvalue weighted by molar-refractivity contribution is 4.87. The molecule has 0 N–H and O–H groups in total. The van der Waals surface area contributed by atoms with E-state index in [2.05, 4.69) is 20.8 Å². The zero-order valence-corrected chi connectivity index (χ0v) is 8.97. The van der Waals surface area contributed by atoms with Crippen LogP contribution in [-0.2, 0) is 0 Å². The van der Waals surface area contributed by atoms with E-state index in [1.807, 2.05) is 0 Å². The topological polar surface area (TPSA) is 0 Å². The van der Waals surface area contributed by atoms with Gasteiger partial charge in [0.1, 0.15) is 0 Å². The van der Waals surface area contributed by atoms with Gasteiger partial charge < -0.3 is 0 Å². The van der Waals surface area contributed by atoms with Crippen LogP contribution in [0.15, 0.2) is 0 Å². The van der Waals surface area contributed by atoms with E-state index in [0.717, 1.165) is 17.8 Å². The Labute approximate surface area is 77.7 Å². The molecule has 1 aliphatic carbocycles. The van der Waals surface area contributed by atoms with Gasteiger partial charge in [-0.1, -0.05) is 52.9 Å². The number of hydrogen-bond donors (Lipinski definition) is 0. The Hall–Kier alpha value is 0. The van der Waals surface area contributed by atoms with Gasteiger partial charge in [0.25, 0.3) is 0 Å². The molecule has 1 rings (SSSR count). The minimum absolute atomic E-state index is 1.05. The quantitative estimate of drug-likeness (QED) is 0.520. The van der Waals surface area contributed by atoms with Crippen LogP contribution in [0.5, 0.6) is 0 Å². The highest BCUT2D eigenvalue weighted by Crippen LogP contribution is 2.46. The summed E-state index contributed by atoms with van der Waals surface area (Å²) in [5.74, 6) is 3.22. The van der Waals surface area contributed by atoms with Crippen LogP contribution in [0.4, 0.5) is 0 Å². The first-order chi connectivity index (χ1) is 5.79. The first-order valence-corrected chi connectivity index (χ1v) is 5.79. The van der Waals surface area contributed by atoms with Crippen LogP contribution < -0.4 is 0 Å². The van der Waals surface area contributed by atoms with E-state index in [0.29, 0.717) is 0 Å². The summed E-state index contributed by atoms with van der Waals surface area (Å²) >= 11 is 0. The molecule has 1 saturated carbocycles. The van der Waals surface area contributed by atoms with Crippen molar-refractivity contribution in [1.82, 2.24) is 0 Å². The lowest BCUT2D eigenvalue weighted by Gasteiger charge is -2.13. The molecule has 3 unspecified atom stereocenters. The van der Waals surface area contributed by atoms with Crippen LogP contribution in [0.25, 0.3) is 0 Å². The molecule has 3 atom stereocenters. The Morgan fingerprint density at radius 1 is 1.25 bits per heavy atom. The highest BCUT2D eigenvalue weighted by atomic mass is 14.4. The van der Waals surface area contributed by atoms with Crippen LogP contribution in [0, 0.1) is 17.8 Å². The summed E-state index contributed by atoms with van der Waals surface area (Å²) in [6.07, 6.45) is 8.72. The molecule has 0 aliphatic heterocycles. The van der Waals surface area contributed by atoms with Gasteiger partial charge >= 0.3 is 0 Å². The molecular weight excluding hydrogens is 144 g/mol. The van der Waals surface area contributed by atoms with E-state index in [9.17, 15) is 0 Å². The molecular formula is C12H24. The molecule has 0 spiro atoms. The maximum atomic E-state index is 2.41. The number of rotatable bonds is 6. The summed E-state index contributed by atoms with van der Waals surface area (Å²) in [6, 6.07) is 0. The SMILES string of the molecule is CCCCCC(CC)C1CC1C. The summed E-state index contributed by atoms with van der Waals surface area (Å²) in [4.78, 5) is 0. The minimum Gasteiger partial charge on any atom is -0.0654 e. The lowest BCUT2D eigenvalue weighted by Crippen LogP contribution is -2.02. The molecule has 0 bridgehead atoms. The third-order valence-corrected chi connectivity index (χ3v) is 3.48. The Kier molecular flexibility index (Phi) is 4.11. The fraction of sp³-hybridized carbons (Fsp3) is 1.00. The van der Waals surface area contributed by atoms with Gasteiger partial charge in [0.05, 0.1) is 0 Å².